The molecular formula is C20H29N3O2. The lowest BCUT2D eigenvalue weighted by Crippen LogP contribution is -2.42. The van der Waals surface area contributed by atoms with Gasteiger partial charge in [-0.05, 0) is 43.9 Å². The van der Waals surface area contributed by atoms with E-state index in [1.165, 1.54) is 25.7 Å². The molecule has 0 aliphatic carbocycles. The van der Waals surface area contributed by atoms with Crippen molar-refractivity contribution >= 4 is 23.1 Å². The number of aryl methyl sites for hydroxylation is 1. The summed E-state index contributed by atoms with van der Waals surface area (Å²) in [5.74, 6) is 0.529. The van der Waals surface area contributed by atoms with Gasteiger partial charge >= 0.3 is 6.01 Å². The van der Waals surface area contributed by atoms with Crippen molar-refractivity contribution in [3.63, 3.8) is 0 Å². The average Bonchev–Trinajstić information content (AvgIpc) is 3.19. The number of anilines is 1. The average molecular weight is 343 g/mol. The summed E-state index contributed by atoms with van der Waals surface area (Å²) in [6.07, 6.45) is 5.64. The van der Waals surface area contributed by atoms with Crippen LogP contribution in [0.25, 0.3) is 11.1 Å². The first-order chi connectivity index (χ1) is 12.1. The van der Waals surface area contributed by atoms with Gasteiger partial charge in [-0.15, -0.1) is 0 Å². The Kier molecular flexibility index (Phi) is 5.30. The molecule has 1 atom stereocenters. The van der Waals surface area contributed by atoms with Crippen LogP contribution in [0.2, 0.25) is 0 Å². The van der Waals surface area contributed by atoms with E-state index in [9.17, 15) is 0 Å². The zero-order chi connectivity index (χ0) is 17.9. The van der Waals surface area contributed by atoms with E-state index in [1.54, 1.807) is 0 Å². The van der Waals surface area contributed by atoms with Crippen molar-refractivity contribution in [3.05, 3.63) is 23.8 Å². The van der Waals surface area contributed by atoms with Crippen LogP contribution in [0.15, 0.2) is 27.6 Å². The van der Waals surface area contributed by atoms with Crippen LogP contribution in [0.4, 0.5) is 6.01 Å². The zero-order valence-corrected chi connectivity index (χ0v) is 15.8. The van der Waals surface area contributed by atoms with E-state index in [0.717, 1.165) is 23.1 Å². The molecule has 3 rings (SSSR count). The van der Waals surface area contributed by atoms with Gasteiger partial charge < -0.3 is 9.15 Å². The van der Waals surface area contributed by atoms with Crippen molar-refractivity contribution in [1.82, 2.24) is 4.98 Å². The molecule has 1 aliphatic heterocycles. The Balaban J connectivity index is 1.73. The second kappa shape index (κ2) is 7.46. The zero-order valence-electron chi connectivity index (χ0n) is 15.8. The van der Waals surface area contributed by atoms with Crippen LogP contribution < -0.4 is 5.32 Å². The van der Waals surface area contributed by atoms with Gasteiger partial charge in [0.25, 0.3) is 6.02 Å². The summed E-state index contributed by atoms with van der Waals surface area (Å²) in [5, 5.41) is 3.13. The number of aliphatic imine (C=N–C) groups is 1. The quantitative estimate of drug-likeness (QED) is 0.741. The first kappa shape index (κ1) is 17.8. The maximum atomic E-state index is 6.33. The number of nitrogens with zero attached hydrogens (tertiary/aromatic N) is 2. The Hall–Kier alpha value is -2.04. The maximum absolute atomic E-state index is 6.33. The number of nitrogens with one attached hydrogen (secondary N) is 1. The van der Waals surface area contributed by atoms with E-state index >= 15 is 0 Å². The van der Waals surface area contributed by atoms with Gasteiger partial charge in [0, 0.05) is 5.92 Å². The fraction of sp³-hybridized carbons (Fsp3) is 0.600. The predicted molar refractivity (Wildman–Crippen MR) is 102 cm³/mol. The third-order valence-electron chi connectivity index (χ3n) is 5.16. The molecule has 5 nitrogen and oxygen atoms in total. The molecule has 0 saturated carbocycles. The fourth-order valence-electron chi connectivity index (χ4n) is 3.76. The third-order valence-corrected chi connectivity index (χ3v) is 5.16. The number of aromatic nitrogens is 1. The second-order valence-electron chi connectivity index (χ2n) is 7.03. The molecule has 2 heterocycles. The summed E-state index contributed by atoms with van der Waals surface area (Å²) >= 11 is 0. The molecule has 1 aromatic heterocycles. The van der Waals surface area contributed by atoms with E-state index < -0.39 is 0 Å². The lowest BCUT2D eigenvalue weighted by atomic mass is 9.79. The summed E-state index contributed by atoms with van der Waals surface area (Å²) in [6.45, 7) is 9.41. The second-order valence-corrected chi connectivity index (χ2v) is 7.03. The molecule has 5 heteroatoms. The van der Waals surface area contributed by atoms with E-state index in [4.69, 9.17) is 9.15 Å². The number of amidine groups is 1. The van der Waals surface area contributed by atoms with E-state index in [-0.39, 0.29) is 5.60 Å². The van der Waals surface area contributed by atoms with Crippen molar-refractivity contribution in [3.8, 4) is 0 Å². The monoisotopic (exact) mass is 343 g/mol. The van der Waals surface area contributed by atoms with Gasteiger partial charge in [-0.3, -0.25) is 5.32 Å². The third kappa shape index (κ3) is 3.65. The first-order valence-electron chi connectivity index (χ1n) is 9.48. The summed E-state index contributed by atoms with van der Waals surface area (Å²) in [5.41, 5.74) is 2.56. The van der Waals surface area contributed by atoms with Crippen molar-refractivity contribution in [1.29, 1.82) is 0 Å². The van der Waals surface area contributed by atoms with Crippen molar-refractivity contribution in [2.75, 3.05) is 11.9 Å². The minimum Gasteiger partial charge on any atom is -0.456 e. The summed E-state index contributed by atoms with van der Waals surface area (Å²) in [4.78, 5) is 9.08. The smallest absolute Gasteiger partial charge is 0.303 e. The molecular weight excluding hydrogens is 314 g/mol. The highest BCUT2D eigenvalue weighted by Gasteiger charge is 2.43. The highest BCUT2D eigenvalue weighted by atomic mass is 16.5. The molecule has 0 spiro atoms. The number of benzene rings is 1. The van der Waals surface area contributed by atoms with Crippen LogP contribution >= 0.6 is 0 Å². The number of hydrogen-bond donors (Lipinski definition) is 1. The SMILES string of the molecule is CCCC(CCC)[C@@]1(CC)CN=C(Nc2nc3ccc(C)cc3o2)O1. The van der Waals surface area contributed by atoms with Crippen molar-refractivity contribution in [2.24, 2.45) is 10.9 Å². The highest BCUT2D eigenvalue weighted by Crippen LogP contribution is 2.37. The molecule has 1 aromatic carbocycles. The molecule has 1 N–H and O–H groups in total. The Morgan fingerprint density at radius 3 is 2.64 bits per heavy atom. The Bertz CT molecular complexity index is 746. The minimum absolute atomic E-state index is 0.197. The minimum atomic E-state index is -0.197. The van der Waals surface area contributed by atoms with Crippen LogP contribution in [0.5, 0.6) is 0 Å². The Labute approximate surface area is 149 Å². The van der Waals surface area contributed by atoms with Gasteiger partial charge in [0.1, 0.15) is 11.1 Å². The number of hydrogen-bond acceptors (Lipinski definition) is 5. The number of oxazole rings is 1. The molecule has 0 unspecified atom stereocenters. The van der Waals surface area contributed by atoms with Crippen LogP contribution in [0, 0.1) is 12.8 Å². The highest BCUT2D eigenvalue weighted by molar-refractivity contribution is 5.89. The molecule has 136 valence electrons. The van der Waals surface area contributed by atoms with Gasteiger partial charge in [0.15, 0.2) is 5.58 Å². The normalized spacial score (nSPS) is 20.1. The van der Waals surface area contributed by atoms with Crippen LogP contribution in [0.3, 0.4) is 0 Å². The van der Waals surface area contributed by atoms with Crippen molar-refractivity contribution < 1.29 is 9.15 Å². The van der Waals surface area contributed by atoms with Gasteiger partial charge in [0.05, 0.1) is 6.54 Å². The van der Waals surface area contributed by atoms with E-state index in [1.807, 2.05) is 25.1 Å². The maximum Gasteiger partial charge on any atom is 0.303 e. The number of rotatable bonds is 7. The molecule has 0 fully saturated rings. The van der Waals surface area contributed by atoms with E-state index in [2.05, 4.69) is 36.1 Å². The van der Waals surface area contributed by atoms with Crippen LogP contribution in [0.1, 0.15) is 58.4 Å². The van der Waals surface area contributed by atoms with Gasteiger partial charge in [0.2, 0.25) is 0 Å². The Morgan fingerprint density at radius 2 is 1.96 bits per heavy atom. The molecule has 0 saturated heterocycles. The molecule has 0 amide bonds. The summed E-state index contributed by atoms with van der Waals surface area (Å²) < 4.78 is 12.1. The topological polar surface area (TPSA) is 59.7 Å². The number of ether oxygens (including phenoxy) is 1. The van der Waals surface area contributed by atoms with Gasteiger partial charge in [-0.1, -0.05) is 39.7 Å². The largest absolute Gasteiger partial charge is 0.456 e. The van der Waals surface area contributed by atoms with Gasteiger partial charge in [-0.25, -0.2) is 4.99 Å². The molecule has 25 heavy (non-hydrogen) atoms. The van der Waals surface area contributed by atoms with Crippen LogP contribution in [-0.4, -0.2) is 23.2 Å². The van der Waals surface area contributed by atoms with E-state index in [0.29, 0.717) is 24.5 Å². The molecule has 1 aliphatic rings. The summed E-state index contributed by atoms with van der Waals surface area (Å²) in [7, 11) is 0. The lowest BCUT2D eigenvalue weighted by Gasteiger charge is -2.35. The molecule has 0 radical (unpaired) electrons. The Morgan fingerprint density at radius 1 is 1.20 bits per heavy atom. The van der Waals surface area contributed by atoms with Crippen LogP contribution in [-0.2, 0) is 4.74 Å². The first-order valence-corrected chi connectivity index (χ1v) is 9.48. The summed E-state index contributed by atoms with van der Waals surface area (Å²) in [6, 6.07) is 6.95. The lowest BCUT2D eigenvalue weighted by molar-refractivity contribution is 0.0103. The fourth-order valence-corrected chi connectivity index (χ4v) is 3.76. The molecule has 0 bridgehead atoms. The predicted octanol–water partition coefficient (Wildman–Crippen LogP) is 5.30. The van der Waals surface area contributed by atoms with Gasteiger partial charge in [-0.2, -0.15) is 4.98 Å². The molecule has 2 aromatic rings. The number of fused-ring (bicyclic) bond motifs is 1. The standard InChI is InChI=1S/C20H29N3O2/c1-5-8-15(9-6-2)20(7-3)13-21-18(25-20)23-19-22-16-11-10-14(4)12-17(16)24-19/h10-12,15H,5-9,13H2,1-4H3,(H,21,22,23)/t20-/m1/s1. The van der Waals surface area contributed by atoms with Crippen molar-refractivity contribution in [2.45, 2.75) is 65.4 Å².